The molecule has 0 bridgehead atoms. The molecule has 1 unspecified atom stereocenters. The number of carbonyl (C=O) groups is 3. The summed E-state index contributed by atoms with van der Waals surface area (Å²) in [6.45, 7) is 5.23. The van der Waals surface area contributed by atoms with Crippen molar-refractivity contribution >= 4 is 23.5 Å². The molecule has 2 aromatic carbocycles. The molecule has 3 rings (SSSR count). The second-order valence-corrected chi connectivity index (χ2v) is 7.17. The number of nitrogens with one attached hydrogen (secondary N) is 2. The number of esters is 2. The average Bonchev–Trinajstić information content (AvgIpc) is 3.07. The summed E-state index contributed by atoms with van der Waals surface area (Å²) in [6, 6.07) is 16.0. The first-order valence-electron chi connectivity index (χ1n) is 9.72. The number of carbonyl (C=O) groups excluding carboxylic acids is 3. The van der Waals surface area contributed by atoms with Crippen molar-refractivity contribution in [3.05, 3.63) is 88.2 Å². The summed E-state index contributed by atoms with van der Waals surface area (Å²) in [5.41, 5.74) is 3.43. The van der Waals surface area contributed by atoms with E-state index in [1.807, 2.05) is 19.1 Å². The molecule has 0 saturated heterocycles. The fourth-order valence-corrected chi connectivity index (χ4v) is 3.27. The molecule has 0 saturated carbocycles. The molecule has 1 heterocycles. The Kier molecular flexibility index (Phi) is 6.55. The third kappa shape index (κ3) is 4.83. The topological polar surface area (TPSA) is 97.5 Å². The highest BCUT2D eigenvalue weighted by molar-refractivity contribution is 6.01. The van der Waals surface area contributed by atoms with Crippen LogP contribution in [0.1, 0.15) is 49.3 Å². The highest BCUT2D eigenvalue weighted by atomic mass is 16.5. The van der Waals surface area contributed by atoms with Gasteiger partial charge in [0.2, 0.25) is 6.10 Å². The minimum atomic E-state index is -1.18. The van der Waals surface area contributed by atoms with E-state index in [0.29, 0.717) is 22.5 Å². The molecule has 0 aliphatic heterocycles. The van der Waals surface area contributed by atoms with Crippen LogP contribution in [0.5, 0.6) is 0 Å². The number of H-pyrrole nitrogens is 1. The number of hydrogen-bond donors (Lipinski definition) is 2. The highest BCUT2D eigenvalue weighted by Crippen LogP contribution is 2.25. The normalized spacial score (nSPS) is 11.5. The predicted molar refractivity (Wildman–Crippen MR) is 116 cm³/mol. The smallest absolute Gasteiger partial charge is 0.356 e. The van der Waals surface area contributed by atoms with Crippen LogP contribution in [0.4, 0.5) is 5.69 Å². The summed E-state index contributed by atoms with van der Waals surface area (Å²) in [4.78, 5) is 40.8. The summed E-state index contributed by atoms with van der Waals surface area (Å²) >= 11 is 0. The zero-order valence-electron chi connectivity index (χ0n) is 17.8. The molecule has 1 amide bonds. The summed E-state index contributed by atoms with van der Waals surface area (Å²) in [6.07, 6.45) is -1.18. The van der Waals surface area contributed by atoms with Crippen molar-refractivity contribution in [3.63, 3.8) is 0 Å². The van der Waals surface area contributed by atoms with Crippen molar-refractivity contribution in [1.29, 1.82) is 0 Å². The largest absolute Gasteiger partial charge is 0.465 e. The zero-order chi connectivity index (χ0) is 22.5. The van der Waals surface area contributed by atoms with Crippen LogP contribution in [0, 0.1) is 20.8 Å². The van der Waals surface area contributed by atoms with Gasteiger partial charge in [0.15, 0.2) is 0 Å². The number of amides is 1. The second kappa shape index (κ2) is 9.30. The lowest BCUT2D eigenvalue weighted by molar-refractivity contribution is -0.125. The lowest BCUT2D eigenvalue weighted by Crippen LogP contribution is -2.26. The Labute approximate surface area is 180 Å². The van der Waals surface area contributed by atoms with E-state index in [4.69, 9.17) is 9.47 Å². The first-order chi connectivity index (χ1) is 14.8. The van der Waals surface area contributed by atoms with Gasteiger partial charge in [0.05, 0.1) is 12.7 Å². The Morgan fingerprint density at radius 2 is 1.55 bits per heavy atom. The van der Waals surface area contributed by atoms with E-state index in [1.54, 1.807) is 56.3 Å². The van der Waals surface area contributed by atoms with E-state index in [9.17, 15) is 14.4 Å². The van der Waals surface area contributed by atoms with E-state index in [-0.39, 0.29) is 11.3 Å². The molecular formula is C24H24N2O5. The number of rotatable bonds is 6. The lowest BCUT2D eigenvalue weighted by atomic mass is 10.1. The van der Waals surface area contributed by atoms with Crippen LogP contribution >= 0.6 is 0 Å². The second-order valence-electron chi connectivity index (χ2n) is 7.17. The summed E-state index contributed by atoms with van der Waals surface area (Å²) in [5.74, 6) is -1.79. The molecule has 0 aliphatic rings. The van der Waals surface area contributed by atoms with Crippen LogP contribution < -0.4 is 5.32 Å². The number of anilines is 1. The molecule has 31 heavy (non-hydrogen) atoms. The van der Waals surface area contributed by atoms with Gasteiger partial charge in [-0.1, -0.05) is 48.0 Å². The molecule has 3 aromatic rings. The van der Waals surface area contributed by atoms with Crippen molar-refractivity contribution in [2.45, 2.75) is 26.9 Å². The molecule has 0 radical (unpaired) electrons. The third-order valence-electron chi connectivity index (χ3n) is 4.92. The van der Waals surface area contributed by atoms with Gasteiger partial charge in [-0.3, -0.25) is 4.79 Å². The fraction of sp³-hybridized carbons (Fsp3) is 0.208. The van der Waals surface area contributed by atoms with Gasteiger partial charge in [0, 0.05) is 16.9 Å². The van der Waals surface area contributed by atoms with E-state index >= 15 is 0 Å². The summed E-state index contributed by atoms with van der Waals surface area (Å²) < 4.78 is 10.4. The Balaban J connectivity index is 1.89. The molecule has 2 N–H and O–H groups in total. The first-order valence-corrected chi connectivity index (χ1v) is 9.72. The summed E-state index contributed by atoms with van der Waals surface area (Å²) in [7, 11) is 1.27. The monoisotopic (exact) mass is 420 g/mol. The molecule has 0 spiro atoms. The van der Waals surface area contributed by atoms with Crippen molar-refractivity contribution < 1.29 is 23.9 Å². The highest BCUT2D eigenvalue weighted by Gasteiger charge is 2.29. The van der Waals surface area contributed by atoms with Crippen LogP contribution in [0.2, 0.25) is 0 Å². The van der Waals surface area contributed by atoms with Crippen LogP contribution in [0.3, 0.4) is 0 Å². The number of aromatic nitrogens is 1. The number of benzene rings is 2. The third-order valence-corrected chi connectivity index (χ3v) is 4.92. The van der Waals surface area contributed by atoms with Gasteiger partial charge in [-0.25, -0.2) is 9.59 Å². The molecule has 7 nitrogen and oxygen atoms in total. The quantitative estimate of drug-likeness (QED) is 0.581. The van der Waals surface area contributed by atoms with Crippen LogP contribution in [0.15, 0.2) is 54.6 Å². The van der Waals surface area contributed by atoms with Gasteiger partial charge in [-0.05, 0) is 38.5 Å². The zero-order valence-corrected chi connectivity index (χ0v) is 17.8. The van der Waals surface area contributed by atoms with Gasteiger partial charge < -0.3 is 19.8 Å². The Bertz CT molecular complexity index is 1100. The van der Waals surface area contributed by atoms with E-state index in [1.165, 1.54) is 7.11 Å². The van der Waals surface area contributed by atoms with Crippen molar-refractivity contribution in [1.82, 2.24) is 4.98 Å². The number of methoxy groups -OCH3 is 1. The molecule has 7 heteroatoms. The van der Waals surface area contributed by atoms with Gasteiger partial charge in [-0.15, -0.1) is 0 Å². The van der Waals surface area contributed by atoms with E-state index < -0.39 is 23.9 Å². The van der Waals surface area contributed by atoms with Crippen LogP contribution in [-0.2, 0) is 14.3 Å². The Morgan fingerprint density at radius 3 is 2.16 bits per heavy atom. The van der Waals surface area contributed by atoms with Crippen molar-refractivity contribution in [3.8, 4) is 0 Å². The Hall–Kier alpha value is -3.87. The molecule has 0 fully saturated rings. The minimum absolute atomic E-state index is 0.0990. The van der Waals surface area contributed by atoms with Crippen molar-refractivity contribution in [2.24, 2.45) is 0 Å². The van der Waals surface area contributed by atoms with Crippen LogP contribution in [-0.4, -0.2) is 29.9 Å². The number of ether oxygens (including phenoxy) is 2. The van der Waals surface area contributed by atoms with Crippen molar-refractivity contribution in [2.75, 3.05) is 12.4 Å². The Morgan fingerprint density at radius 1 is 0.903 bits per heavy atom. The first kappa shape index (κ1) is 21.8. The number of hydrogen-bond acceptors (Lipinski definition) is 5. The van der Waals surface area contributed by atoms with E-state index in [0.717, 1.165) is 5.56 Å². The van der Waals surface area contributed by atoms with Gasteiger partial charge >= 0.3 is 11.9 Å². The van der Waals surface area contributed by atoms with Gasteiger partial charge in [0.1, 0.15) is 5.69 Å². The SMILES string of the molecule is COC(=O)c1c(C)[nH]c(C(=O)OC(C(=O)Nc2ccc(C)cc2)c2ccccc2)c1C. The minimum Gasteiger partial charge on any atom is -0.465 e. The fourth-order valence-electron chi connectivity index (χ4n) is 3.27. The number of aryl methyl sites for hydroxylation is 2. The van der Waals surface area contributed by atoms with Gasteiger partial charge in [-0.2, -0.15) is 0 Å². The molecule has 0 aliphatic carbocycles. The maximum Gasteiger partial charge on any atom is 0.356 e. The molecule has 1 atom stereocenters. The maximum atomic E-state index is 13.0. The average molecular weight is 420 g/mol. The predicted octanol–water partition coefficient (Wildman–Crippen LogP) is 4.26. The maximum absolute atomic E-state index is 13.0. The van der Waals surface area contributed by atoms with E-state index in [2.05, 4.69) is 10.3 Å². The molecule has 1 aromatic heterocycles. The van der Waals surface area contributed by atoms with Gasteiger partial charge in [0.25, 0.3) is 5.91 Å². The van der Waals surface area contributed by atoms with Crippen LogP contribution in [0.25, 0.3) is 0 Å². The molecular weight excluding hydrogens is 396 g/mol. The molecule has 160 valence electrons. The summed E-state index contributed by atoms with van der Waals surface area (Å²) in [5, 5.41) is 2.78. The number of aromatic amines is 1. The standard InChI is InChI=1S/C24H24N2O5/c1-14-10-12-18(13-11-14)26-22(27)21(17-8-6-5-7-9-17)31-24(29)20-15(2)19(16(3)25-20)23(28)30-4/h5-13,21,25H,1-4H3,(H,26,27). The lowest BCUT2D eigenvalue weighted by Gasteiger charge is -2.18.